The molecule has 2 aromatic heterocycles. The lowest BCUT2D eigenvalue weighted by Gasteiger charge is -2.19. The Hall–Kier alpha value is -3.78. The summed E-state index contributed by atoms with van der Waals surface area (Å²) in [5.74, 6) is 1.12. The molecule has 0 spiro atoms. The predicted octanol–water partition coefficient (Wildman–Crippen LogP) is 4.56. The van der Waals surface area contributed by atoms with Crippen LogP contribution in [0, 0.1) is 0 Å². The highest BCUT2D eigenvalue weighted by Crippen LogP contribution is 2.32. The van der Waals surface area contributed by atoms with Crippen molar-refractivity contribution in [2.75, 3.05) is 18.5 Å². The summed E-state index contributed by atoms with van der Waals surface area (Å²) in [6, 6.07) is 17.1. The van der Waals surface area contributed by atoms with Gasteiger partial charge in [0, 0.05) is 50.5 Å². The summed E-state index contributed by atoms with van der Waals surface area (Å²) >= 11 is 1.61. The van der Waals surface area contributed by atoms with Gasteiger partial charge in [0.1, 0.15) is 17.2 Å². The fraction of sp³-hybridized carbons (Fsp3) is 0.200. The summed E-state index contributed by atoms with van der Waals surface area (Å²) in [5.41, 5.74) is 3.28. The van der Waals surface area contributed by atoms with E-state index in [1.165, 1.54) is 0 Å². The molecule has 2 amide bonds. The van der Waals surface area contributed by atoms with E-state index in [1.54, 1.807) is 36.7 Å². The van der Waals surface area contributed by atoms with E-state index in [9.17, 15) is 9.59 Å². The van der Waals surface area contributed by atoms with E-state index in [2.05, 4.69) is 16.4 Å². The number of nitrogens with one attached hydrogen (secondary N) is 1. The van der Waals surface area contributed by atoms with E-state index < -0.39 is 0 Å². The molecule has 1 fully saturated rings. The van der Waals surface area contributed by atoms with E-state index in [0.717, 1.165) is 39.4 Å². The van der Waals surface area contributed by atoms with Crippen LogP contribution in [0.5, 0.6) is 11.5 Å². The topological polar surface area (TPSA) is 84.4 Å². The van der Waals surface area contributed by atoms with Gasteiger partial charge in [-0.05, 0) is 36.2 Å². The van der Waals surface area contributed by atoms with Gasteiger partial charge in [0.05, 0.1) is 15.2 Å². The molecule has 0 atom stereocenters. The number of hydrogen-bond donors (Lipinski definition) is 1. The quantitative estimate of drug-likeness (QED) is 0.458. The van der Waals surface area contributed by atoms with Gasteiger partial charge in [-0.25, -0.2) is 4.98 Å². The maximum atomic E-state index is 12.3. The van der Waals surface area contributed by atoms with Crippen LogP contribution in [0.4, 0.5) is 5.69 Å². The van der Waals surface area contributed by atoms with Crippen LogP contribution < -0.4 is 15.0 Å². The van der Waals surface area contributed by atoms with Crippen LogP contribution >= 0.6 is 11.3 Å². The van der Waals surface area contributed by atoms with Crippen molar-refractivity contribution in [3.63, 3.8) is 0 Å². The molecule has 5 rings (SSSR count). The monoisotopic (exact) mass is 458 g/mol. The maximum absolute atomic E-state index is 12.3. The van der Waals surface area contributed by atoms with E-state index in [0.29, 0.717) is 30.0 Å². The molecule has 2 aromatic carbocycles. The molecule has 1 saturated heterocycles. The first kappa shape index (κ1) is 21.1. The highest BCUT2D eigenvalue weighted by molar-refractivity contribution is 7.18. The minimum Gasteiger partial charge on any atom is -0.457 e. The standard InChI is InChI=1S/C25H22N4O3S/c1-26-25(31)20-14-18(10-11-27-20)32-17-8-9-19-22(15-17)33-23(28-19)13-16-5-2-3-6-21(16)29-12-4-7-24(29)30/h2-3,5-6,8-11,14-15H,4,7,12-13H2,1H3,(H,26,31). The molecule has 3 heterocycles. The van der Waals surface area contributed by atoms with Gasteiger partial charge in [0.15, 0.2) is 0 Å². The normalized spacial score (nSPS) is 13.5. The number of benzene rings is 2. The Morgan fingerprint density at radius 3 is 2.82 bits per heavy atom. The molecule has 0 saturated carbocycles. The molecule has 0 bridgehead atoms. The third kappa shape index (κ3) is 4.42. The second-order valence-electron chi connectivity index (χ2n) is 7.75. The fourth-order valence-electron chi connectivity index (χ4n) is 3.94. The average molecular weight is 459 g/mol. The van der Waals surface area contributed by atoms with E-state index >= 15 is 0 Å². The molecule has 0 radical (unpaired) electrons. The number of ether oxygens (including phenoxy) is 1. The smallest absolute Gasteiger partial charge is 0.269 e. The van der Waals surface area contributed by atoms with Crippen LogP contribution in [0.25, 0.3) is 10.2 Å². The van der Waals surface area contributed by atoms with Crippen molar-refractivity contribution in [2.24, 2.45) is 0 Å². The van der Waals surface area contributed by atoms with Crippen molar-refractivity contribution < 1.29 is 14.3 Å². The lowest BCUT2D eigenvalue weighted by Crippen LogP contribution is -2.24. The number of nitrogens with zero attached hydrogens (tertiary/aromatic N) is 3. The summed E-state index contributed by atoms with van der Waals surface area (Å²) in [6.45, 7) is 0.771. The van der Waals surface area contributed by atoms with Crippen LogP contribution in [-0.4, -0.2) is 35.4 Å². The Kier molecular flexibility index (Phi) is 5.75. The zero-order valence-electron chi connectivity index (χ0n) is 18.1. The Labute approximate surface area is 195 Å². The van der Waals surface area contributed by atoms with Gasteiger partial charge in [-0.3, -0.25) is 14.6 Å². The van der Waals surface area contributed by atoms with Gasteiger partial charge < -0.3 is 15.0 Å². The lowest BCUT2D eigenvalue weighted by atomic mass is 10.1. The van der Waals surface area contributed by atoms with E-state index in [-0.39, 0.29) is 11.8 Å². The van der Waals surface area contributed by atoms with Crippen molar-refractivity contribution in [1.29, 1.82) is 0 Å². The van der Waals surface area contributed by atoms with Gasteiger partial charge in [-0.1, -0.05) is 18.2 Å². The molecular weight excluding hydrogens is 436 g/mol. The molecule has 4 aromatic rings. The number of amides is 2. The third-order valence-corrected chi connectivity index (χ3v) is 6.55. The number of carbonyl (C=O) groups excluding carboxylic acids is 2. The minimum atomic E-state index is -0.265. The molecule has 1 aliphatic rings. The number of thiazole rings is 1. The molecule has 0 unspecified atom stereocenters. The first-order valence-electron chi connectivity index (χ1n) is 10.7. The Morgan fingerprint density at radius 2 is 2.00 bits per heavy atom. The second kappa shape index (κ2) is 8.99. The molecule has 1 N–H and O–H groups in total. The number of fused-ring (bicyclic) bond motifs is 1. The Balaban J connectivity index is 1.38. The van der Waals surface area contributed by atoms with Crippen molar-refractivity contribution in [3.05, 3.63) is 77.1 Å². The number of anilines is 1. The minimum absolute atomic E-state index is 0.184. The van der Waals surface area contributed by atoms with E-state index in [4.69, 9.17) is 9.72 Å². The summed E-state index contributed by atoms with van der Waals surface area (Å²) in [7, 11) is 1.56. The number of pyridine rings is 1. The van der Waals surface area contributed by atoms with E-state index in [1.807, 2.05) is 41.3 Å². The van der Waals surface area contributed by atoms with Gasteiger partial charge in [-0.2, -0.15) is 0 Å². The molecule has 33 heavy (non-hydrogen) atoms. The third-order valence-electron chi connectivity index (χ3n) is 5.53. The Bertz CT molecular complexity index is 1350. The summed E-state index contributed by atoms with van der Waals surface area (Å²) in [6.07, 6.45) is 3.72. The van der Waals surface area contributed by atoms with Crippen molar-refractivity contribution >= 4 is 39.1 Å². The first-order chi connectivity index (χ1) is 16.1. The summed E-state index contributed by atoms with van der Waals surface area (Å²) in [4.78, 5) is 34.8. The molecule has 0 aliphatic carbocycles. The van der Waals surface area contributed by atoms with Crippen LogP contribution in [0.3, 0.4) is 0 Å². The summed E-state index contributed by atoms with van der Waals surface area (Å²) in [5, 5.41) is 3.54. The number of hydrogen-bond acceptors (Lipinski definition) is 6. The van der Waals surface area contributed by atoms with Crippen LogP contribution in [0.15, 0.2) is 60.8 Å². The maximum Gasteiger partial charge on any atom is 0.269 e. The van der Waals surface area contributed by atoms with Gasteiger partial charge in [0.2, 0.25) is 5.91 Å². The first-order valence-corrected chi connectivity index (χ1v) is 11.6. The Morgan fingerprint density at radius 1 is 1.15 bits per heavy atom. The fourth-order valence-corrected chi connectivity index (χ4v) is 4.96. The second-order valence-corrected chi connectivity index (χ2v) is 8.86. The van der Waals surface area contributed by atoms with Gasteiger partial charge >= 0.3 is 0 Å². The number of carbonyl (C=O) groups is 2. The van der Waals surface area contributed by atoms with Gasteiger partial charge in [-0.15, -0.1) is 11.3 Å². The average Bonchev–Trinajstić information content (AvgIpc) is 3.44. The lowest BCUT2D eigenvalue weighted by molar-refractivity contribution is -0.117. The molecular formula is C25H22N4O3S. The number of aromatic nitrogens is 2. The predicted molar refractivity (Wildman–Crippen MR) is 128 cm³/mol. The van der Waals surface area contributed by atoms with Crippen LogP contribution in [-0.2, 0) is 11.2 Å². The van der Waals surface area contributed by atoms with Crippen LogP contribution in [0.2, 0.25) is 0 Å². The highest BCUT2D eigenvalue weighted by Gasteiger charge is 2.24. The van der Waals surface area contributed by atoms with Gasteiger partial charge in [0.25, 0.3) is 5.91 Å². The zero-order valence-corrected chi connectivity index (χ0v) is 18.9. The summed E-state index contributed by atoms with van der Waals surface area (Å²) < 4.78 is 6.97. The van der Waals surface area contributed by atoms with Crippen molar-refractivity contribution in [1.82, 2.24) is 15.3 Å². The molecule has 166 valence electrons. The van der Waals surface area contributed by atoms with Crippen LogP contribution in [0.1, 0.15) is 33.9 Å². The van der Waals surface area contributed by atoms with Crippen molar-refractivity contribution in [3.8, 4) is 11.5 Å². The van der Waals surface area contributed by atoms with Crippen molar-refractivity contribution in [2.45, 2.75) is 19.3 Å². The molecule has 1 aliphatic heterocycles. The number of para-hydroxylation sites is 1. The molecule has 7 nitrogen and oxygen atoms in total. The zero-order chi connectivity index (χ0) is 22.8. The highest BCUT2D eigenvalue weighted by atomic mass is 32.1. The SMILES string of the molecule is CNC(=O)c1cc(Oc2ccc3nc(Cc4ccccc4N4CCCC4=O)sc3c2)ccn1. The largest absolute Gasteiger partial charge is 0.457 e. The molecule has 8 heteroatoms. The number of rotatable bonds is 6.